The van der Waals surface area contributed by atoms with Gasteiger partial charge in [-0.15, -0.1) is 0 Å². The van der Waals surface area contributed by atoms with E-state index in [9.17, 15) is 9.59 Å². The highest BCUT2D eigenvalue weighted by Crippen LogP contribution is 2.38. The Labute approximate surface area is 143 Å². The average Bonchev–Trinajstić information content (AvgIpc) is 2.54. The van der Waals surface area contributed by atoms with E-state index in [1.165, 1.54) is 0 Å². The van der Waals surface area contributed by atoms with Crippen LogP contribution in [0, 0.1) is 0 Å². The highest BCUT2D eigenvalue weighted by Gasteiger charge is 2.33. The van der Waals surface area contributed by atoms with Gasteiger partial charge in [0.2, 0.25) is 0 Å². The van der Waals surface area contributed by atoms with Gasteiger partial charge in [0.1, 0.15) is 0 Å². The first-order valence-corrected chi connectivity index (χ1v) is 7.96. The maximum Gasteiger partial charge on any atom is 0.197 e. The molecule has 0 unspecified atom stereocenters. The number of carbonyl (C=O) groups is 2. The van der Waals surface area contributed by atoms with E-state index < -0.39 is 0 Å². The fourth-order valence-corrected chi connectivity index (χ4v) is 3.24. The molecule has 3 rings (SSSR count). The second kappa shape index (κ2) is 6.32. The van der Waals surface area contributed by atoms with Gasteiger partial charge in [-0.2, -0.15) is 0 Å². The number of carbonyl (C=O) groups excluding carboxylic acids is 2. The molecule has 0 aromatic heterocycles. The lowest BCUT2D eigenvalue weighted by molar-refractivity contribution is 0.0979. The van der Waals surface area contributed by atoms with Crippen LogP contribution >= 0.6 is 23.2 Å². The summed E-state index contributed by atoms with van der Waals surface area (Å²) in [6, 6.07) is 8.18. The van der Waals surface area contributed by atoms with Crippen LogP contribution < -0.4 is 11.1 Å². The molecule has 0 aliphatic heterocycles. The predicted octanol–water partition coefficient (Wildman–Crippen LogP) is 3.53. The average molecular weight is 349 g/mol. The molecular weight excluding hydrogens is 335 g/mol. The van der Waals surface area contributed by atoms with Crippen molar-refractivity contribution in [1.29, 1.82) is 0 Å². The van der Waals surface area contributed by atoms with Gasteiger partial charge in [-0.25, -0.2) is 0 Å². The van der Waals surface area contributed by atoms with Crippen LogP contribution in [0.3, 0.4) is 0 Å². The molecule has 2 aromatic carbocycles. The van der Waals surface area contributed by atoms with Crippen molar-refractivity contribution in [2.45, 2.75) is 6.42 Å². The second-order valence-corrected chi connectivity index (χ2v) is 6.02. The third-order valence-corrected chi connectivity index (χ3v) is 4.50. The molecule has 0 bridgehead atoms. The fourth-order valence-electron chi connectivity index (χ4n) is 2.66. The summed E-state index contributed by atoms with van der Waals surface area (Å²) >= 11 is 12.5. The number of ketones is 2. The lowest BCUT2D eigenvalue weighted by atomic mass is 9.83. The third-order valence-electron chi connectivity index (χ3n) is 3.80. The molecule has 0 fully saturated rings. The highest BCUT2D eigenvalue weighted by atomic mass is 35.5. The first kappa shape index (κ1) is 16.0. The molecule has 0 saturated heterocycles. The Morgan fingerprint density at radius 2 is 1.70 bits per heavy atom. The van der Waals surface area contributed by atoms with Gasteiger partial charge in [0, 0.05) is 17.7 Å². The van der Waals surface area contributed by atoms with Crippen molar-refractivity contribution in [1.82, 2.24) is 0 Å². The number of halogens is 2. The van der Waals surface area contributed by atoms with E-state index in [0.29, 0.717) is 29.9 Å². The molecule has 0 atom stereocenters. The zero-order valence-electron chi connectivity index (χ0n) is 12.2. The van der Waals surface area contributed by atoms with Gasteiger partial charge in [-0.1, -0.05) is 35.3 Å². The summed E-state index contributed by atoms with van der Waals surface area (Å²) < 4.78 is 0. The van der Waals surface area contributed by atoms with Crippen molar-refractivity contribution >= 4 is 40.5 Å². The minimum absolute atomic E-state index is 0.204. The van der Waals surface area contributed by atoms with E-state index in [1.54, 1.807) is 30.3 Å². The van der Waals surface area contributed by atoms with Gasteiger partial charge < -0.3 is 11.1 Å². The lowest BCUT2D eigenvalue weighted by Crippen LogP contribution is -2.22. The van der Waals surface area contributed by atoms with Crippen LogP contribution in [0.15, 0.2) is 30.3 Å². The van der Waals surface area contributed by atoms with Gasteiger partial charge in [0.15, 0.2) is 11.6 Å². The summed E-state index contributed by atoms with van der Waals surface area (Å²) in [5.74, 6) is -0.569. The van der Waals surface area contributed by atoms with Crippen molar-refractivity contribution < 1.29 is 9.59 Å². The molecular formula is C17H14Cl2N2O2. The van der Waals surface area contributed by atoms with Crippen LogP contribution in [0.2, 0.25) is 10.0 Å². The number of nitrogens with two attached hydrogens (primary N) is 1. The van der Waals surface area contributed by atoms with E-state index >= 15 is 0 Å². The van der Waals surface area contributed by atoms with Crippen LogP contribution in [0.1, 0.15) is 38.3 Å². The monoisotopic (exact) mass is 348 g/mol. The number of rotatable bonds is 4. The molecule has 1 aliphatic rings. The molecule has 0 spiro atoms. The molecule has 6 heteroatoms. The lowest BCUT2D eigenvalue weighted by Gasteiger charge is -2.21. The van der Waals surface area contributed by atoms with E-state index in [2.05, 4.69) is 5.32 Å². The van der Waals surface area contributed by atoms with E-state index in [1.807, 2.05) is 0 Å². The van der Waals surface area contributed by atoms with E-state index in [4.69, 9.17) is 28.9 Å². The zero-order valence-corrected chi connectivity index (χ0v) is 13.7. The maximum absolute atomic E-state index is 12.8. The molecule has 118 valence electrons. The summed E-state index contributed by atoms with van der Waals surface area (Å²) in [5.41, 5.74) is 7.11. The van der Waals surface area contributed by atoms with Crippen molar-refractivity contribution in [2.24, 2.45) is 5.73 Å². The van der Waals surface area contributed by atoms with Crippen molar-refractivity contribution in [2.75, 3.05) is 18.4 Å². The zero-order chi connectivity index (χ0) is 16.6. The molecule has 23 heavy (non-hydrogen) atoms. The predicted molar refractivity (Wildman–Crippen MR) is 91.9 cm³/mol. The number of nitrogens with one attached hydrogen (secondary N) is 1. The summed E-state index contributed by atoms with van der Waals surface area (Å²) in [4.78, 5) is 25.4. The summed E-state index contributed by atoms with van der Waals surface area (Å²) in [5, 5.41) is 3.62. The van der Waals surface area contributed by atoms with E-state index in [-0.39, 0.29) is 32.7 Å². The normalized spacial score (nSPS) is 12.8. The number of hydrogen-bond acceptors (Lipinski definition) is 4. The Balaban J connectivity index is 2.11. The van der Waals surface area contributed by atoms with Gasteiger partial charge in [0.25, 0.3) is 0 Å². The van der Waals surface area contributed by atoms with Crippen molar-refractivity contribution in [3.8, 4) is 0 Å². The SMILES string of the molecule is NCCCNc1ccc2c(c1Cl)C(=O)c1c(Cl)cccc1C2=O. The largest absolute Gasteiger partial charge is 0.384 e. The number of fused-ring (bicyclic) bond motifs is 2. The minimum atomic E-state index is -0.326. The quantitative estimate of drug-likeness (QED) is 0.707. The highest BCUT2D eigenvalue weighted by molar-refractivity contribution is 6.44. The summed E-state index contributed by atoms with van der Waals surface area (Å²) in [6.45, 7) is 1.18. The molecule has 0 radical (unpaired) electrons. The topological polar surface area (TPSA) is 72.2 Å². The molecule has 0 saturated carbocycles. The Kier molecular flexibility index (Phi) is 4.39. The van der Waals surface area contributed by atoms with Gasteiger partial charge >= 0.3 is 0 Å². The van der Waals surface area contributed by atoms with Crippen molar-refractivity contribution in [3.63, 3.8) is 0 Å². The van der Waals surface area contributed by atoms with Crippen LogP contribution in [0.5, 0.6) is 0 Å². The minimum Gasteiger partial charge on any atom is -0.384 e. The summed E-state index contributed by atoms with van der Waals surface area (Å²) in [7, 11) is 0. The number of benzene rings is 2. The van der Waals surface area contributed by atoms with E-state index in [0.717, 1.165) is 6.42 Å². The van der Waals surface area contributed by atoms with Gasteiger partial charge in [-0.05, 0) is 31.2 Å². The molecule has 3 N–H and O–H groups in total. The Bertz CT molecular complexity index is 818. The summed E-state index contributed by atoms with van der Waals surface area (Å²) in [6.07, 6.45) is 0.773. The molecule has 0 heterocycles. The Morgan fingerprint density at radius 1 is 0.957 bits per heavy atom. The Hall–Kier alpha value is -1.88. The molecule has 1 aliphatic carbocycles. The van der Waals surface area contributed by atoms with Crippen LogP contribution in [-0.4, -0.2) is 24.7 Å². The first-order valence-electron chi connectivity index (χ1n) is 7.20. The molecule has 0 amide bonds. The van der Waals surface area contributed by atoms with Crippen LogP contribution in [-0.2, 0) is 0 Å². The smallest absolute Gasteiger partial charge is 0.197 e. The first-order chi connectivity index (χ1) is 11.1. The van der Waals surface area contributed by atoms with Gasteiger partial charge in [-0.3, -0.25) is 9.59 Å². The van der Waals surface area contributed by atoms with Gasteiger partial charge in [0.05, 0.1) is 26.9 Å². The second-order valence-electron chi connectivity index (χ2n) is 5.24. The third kappa shape index (κ3) is 2.63. The Morgan fingerprint density at radius 3 is 2.43 bits per heavy atom. The van der Waals surface area contributed by atoms with Crippen molar-refractivity contribution in [3.05, 3.63) is 62.6 Å². The standard InChI is InChI=1S/C17H14Cl2N2O2/c18-11-4-1-3-9-13(11)17(23)14-10(16(9)22)5-6-12(15(14)19)21-8-2-7-20/h1,3-6,21H,2,7-8,20H2. The fraction of sp³-hybridized carbons (Fsp3) is 0.176. The molecule has 2 aromatic rings. The maximum atomic E-state index is 12.8. The number of hydrogen-bond donors (Lipinski definition) is 2. The number of anilines is 1. The van der Waals surface area contributed by atoms with Crippen LogP contribution in [0.4, 0.5) is 5.69 Å². The van der Waals surface area contributed by atoms with Crippen LogP contribution in [0.25, 0.3) is 0 Å². The molecule has 4 nitrogen and oxygen atoms in total.